The van der Waals surface area contributed by atoms with Crippen LogP contribution in [0.15, 0.2) is 78.1 Å². The maximum Gasteiger partial charge on any atom is 0.268 e. The second-order valence-corrected chi connectivity index (χ2v) is 8.95. The third-order valence-electron chi connectivity index (χ3n) is 4.88. The highest BCUT2D eigenvalue weighted by molar-refractivity contribution is 7.90. The first-order valence-corrected chi connectivity index (χ1v) is 10.7. The van der Waals surface area contributed by atoms with E-state index in [1.807, 2.05) is 25.1 Å². The quantitative estimate of drug-likeness (QED) is 0.427. The van der Waals surface area contributed by atoms with Gasteiger partial charge in [0.1, 0.15) is 0 Å². The molecule has 0 saturated carbocycles. The van der Waals surface area contributed by atoms with Gasteiger partial charge in [0.2, 0.25) is 0 Å². The fourth-order valence-electron chi connectivity index (χ4n) is 3.47. The summed E-state index contributed by atoms with van der Waals surface area (Å²) in [6.07, 6.45) is 4.96. The number of benzene rings is 2. The van der Waals surface area contributed by atoms with Crippen molar-refractivity contribution in [2.75, 3.05) is 0 Å². The number of fused-ring (bicyclic) bond motifs is 2. The molecule has 0 saturated heterocycles. The largest absolute Gasteiger partial charge is 0.268 e. The first-order chi connectivity index (χ1) is 13.9. The summed E-state index contributed by atoms with van der Waals surface area (Å²) in [4.78, 5) is 4.60. The summed E-state index contributed by atoms with van der Waals surface area (Å²) in [6.45, 7) is 1.92. The normalized spacial score (nSPS) is 12.1. The Morgan fingerprint density at radius 1 is 1.00 bits per heavy atom. The van der Waals surface area contributed by atoms with Gasteiger partial charge in [0.25, 0.3) is 10.0 Å². The van der Waals surface area contributed by atoms with Crippen LogP contribution in [-0.2, 0) is 10.0 Å². The number of imidazole rings is 1. The van der Waals surface area contributed by atoms with Gasteiger partial charge in [-0.25, -0.2) is 21.9 Å². The second kappa shape index (κ2) is 6.43. The Morgan fingerprint density at radius 2 is 1.76 bits per heavy atom. The lowest BCUT2D eigenvalue weighted by Crippen LogP contribution is -2.11. The summed E-state index contributed by atoms with van der Waals surface area (Å²) in [5.41, 5.74) is 3.61. The van der Waals surface area contributed by atoms with Crippen molar-refractivity contribution in [1.82, 2.24) is 18.6 Å². The lowest BCUT2D eigenvalue weighted by atomic mass is 10.1. The van der Waals surface area contributed by atoms with Crippen LogP contribution in [0, 0.1) is 6.92 Å². The van der Waals surface area contributed by atoms with Crippen molar-refractivity contribution in [2.45, 2.75) is 11.8 Å². The van der Waals surface area contributed by atoms with Gasteiger partial charge in [-0.2, -0.15) is 5.10 Å². The fourth-order valence-corrected chi connectivity index (χ4v) is 5.03. The Labute approximate surface area is 172 Å². The summed E-state index contributed by atoms with van der Waals surface area (Å²) in [6, 6.07) is 15.9. The van der Waals surface area contributed by atoms with E-state index in [0.29, 0.717) is 21.9 Å². The Bertz CT molecular complexity index is 1480. The average molecular weight is 423 g/mol. The molecule has 0 aliphatic rings. The third kappa shape index (κ3) is 2.82. The van der Waals surface area contributed by atoms with E-state index in [0.717, 1.165) is 16.5 Å². The van der Waals surface area contributed by atoms with Crippen LogP contribution >= 0.6 is 11.6 Å². The van der Waals surface area contributed by atoms with Gasteiger partial charge < -0.3 is 0 Å². The number of hydrogen-bond acceptors (Lipinski definition) is 4. The van der Waals surface area contributed by atoms with Gasteiger partial charge in [-0.15, -0.1) is 0 Å². The van der Waals surface area contributed by atoms with Crippen LogP contribution in [0.4, 0.5) is 0 Å². The second-order valence-electron chi connectivity index (χ2n) is 6.75. The van der Waals surface area contributed by atoms with Crippen LogP contribution in [-0.4, -0.2) is 27.0 Å². The zero-order valence-electron chi connectivity index (χ0n) is 15.3. The monoisotopic (exact) mass is 422 g/mol. The Morgan fingerprint density at radius 3 is 2.55 bits per heavy atom. The van der Waals surface area contributed by atoms with E-state index >= 15 is 0 Å². The number of nitrogens with zero attached hydrogens (tertiary/aromatic N) is 4. The van der Waals surface area contributed by atoms with Crippen LogP contribution in [0.3, 0.4) is 0 Å². The number of halogens is 1. The third-order valence-corrected chi connectivity index (χ3v) is 6.75. The van der Waals surface area contributed by atoms with Crippen molar-refractivity contribution < 1.29 is 8.42 Å². The fraction of sp³-hybridized carbons (Fsp3) is 0.0476. The van der Waals surface area contributed by atoms with E-state index in [9.17, 15) is 8.42 Å². The van der Waals surface area contributed by atoms with Crippen LogP contribution in [0.25, 0.3) is 27.7 Å². The van der Waals surface area contributed by atoms with Gasteiger partial charge in [0, 0.05) is 35.1 Å². The van der Waals surface area contributed by atoms with Gasteiger partial charge in [-0.05, 0) is 31.2 Å². The molecule has 0 N–H and O–H groups in total. The molecule has 0 aliphatic carbocycles. The SMILES string of the molecule is Cc1ccc(S(=O)(=O)n2cc(-c3cc(Cl)nn4ccnc34)c3ccccc32)cc1. The molecule has 29 heavy (non-hydrogen) atoms. The van der Waals surface area contributed by atoms with Crippen LogP contribution < -0.4 is 0 Å². The molecular formula is C21H15ClN4O2S. The van der Waals surface area contributed by atoms with E-state index in [4.69, 9.17) is 11.6 Å². The van der Waals surface area contributed by atoms with Crippen LogP contribution in [0.5, 0.6) is 0 Å². The predicted molar refractivity (Wildman–Crippen MR) is 113 cm³/mol. The van der Waals surface area contributed by atoms with Gasteiger partial charge in [0.05, 0.1) is 10.4 Å². The molecule has 3 aromatic heterocycles. The number of aromatic nitrogens is 4. The minimum atomic E-state index is -3.78. The summed E-state index contributed by atoms with van der Waals surface area (Å²) in [5, 5.41) is 5.29. The van der Waals surface area contributed by atoms with Gasteiger partial charge in [-0.3, -0.25) is 0 Å². The molecule has 5 rings (SSSR count). The topological polar surface area (TPSA) is 69.3 Å². The molecule has 0 aliphatic heterocycles. The molecule has 0 radical (unpaired) electrons. The molecule has 0 bridgehead atoms. The Kier molecular flexibility index (Phi) is 3.97. The Balaban J connectivity index is 1.82. The number of aryl methyl sites for hydroxylation is 1. The van der Waals surface area contributed by atoms with Crippen molar-refractivity contribution in [3.05, 3.63) is 83.9 Å². The number of para-hydroxylation sites is 1. The van der Waals surface area contributed by atoms with Crippen LogP contribution in [0.1, 0.15) is 5.56 Å². The predicted octanol–water partition coefficient (Wildman–Crippen LogP) is 4.55. The highest BCUT2D eigenvalue weighted by atomic mass is 35.5. The van der Waals surface area contributed by atoms with Crippen molar-refractivity contribution >= 4 is 38.2 Å². The van der Waals surface area contributed by atoms with Crippen molar-refractivity contribution in [1.29, 1.82) is 0 Å². The first kappa shape index (κ1) is 17.9. The van der Waals surface area contributed by atoms with Crippen molar-refractivity contribution in [3.63, 3.8) is 0 Å². The summed E-state index contributed by atoms with van der Waals surface area (Å²) >= 11 is 6.20. The smallest absolute Gasteiger partial charge is 0.241 e. The average Bonchev–Trinajstić information content (AvgIpc) is 3.32. The van der Waals surface area contributed by atoms with Gasteiger partial charge in [-0.1, -0.05) is 47.5 Å². The van der Waals surface area contributed by atoms with E-state index in [1.54, 1.807) is 59.5 Å². The summed E-state index contributed by atoms with van der Waals surface area (Å²) < 4.78 is 29.7. The van der Waals surface area contributed by atoms with E-state index in [1.165, 1.54) is 3.97 Å². The molecule has 0 spiro atoms. The maximum absolute atomic E-state index is 13.4. The minimum absolute atomic E-state index is 0.231. The first-order valence-electron chi connectivity index (χ1n) is 8.88. The minimum Gasteiger partial charge on any atom is -0.241 e. The highest BCUT2D eigenvalue weighted by Gasteiger charge is 2.23. The zero-order valence-corrected chi connectivity index (χ0v) is 16.9. The van der Waals surface area contributed by atoms with Gasteiger partial charge in [0.15, 0.2) is 10.8 Å². The maximum atomic E-state index is 13.4. The lowest BCUT2D eigenvalue weighted by Gasteiger charge is -2.07. The molecular weight excluding hydrogens is 408 g/mol. The molecule has 5 aromatic rings. The number of hydrogen-bond donors (Lipinski definition) is 0. The molecule has 8 heteroatoms. The number of rotatable bonds is 3. The van der Waals surface area contributed by atoms with E-state index in [2.05, 4.69) is 10.1 Å². The zero-order chi connectivity index (χ0) is 20.2. The molecule has 0 amide bonds. The highest BCUT2D eigenvalue weighted by Crippen LogP contribution is 2.35. The standard InChI is InChI=1S/C21H15ClN4O2S/c1-14-6-8-15(9-7-14)29(27,28)26-13-18(16-4-2-3-5-19(16)26)17-12-20(22)24-25-11-10-23-21(17)25/h2-13H,1H3. The van der Waals surface area contributed by atoms with Crippen LogP contribution in [0.2, 0.25) is 5.15 Å². The lowest BCUT2D eigenvalue weighted by molar-refractivity contribution is 0.589. The van der Waals surface area contributed by atoms with Crippen molar-refractivity contribution in [3.8, 4) is 11.1 Å². The molecule has 6 nitrogen and oxygen atoms in total. The van der Waals surface area contributed by atoms with Crippen molar-refractivity contribution in [2.24, 2.45) is 0 Å². The van der Waals surface area contributed by atoms with E-state index < -0.39 is 10.0 Å². The molecule has 3 heterocycles. The molecule has 0 unspecified atom stereocenters. The van der Waals surface area contributed by atoms with Gasteiger partial charge >= 0.3 is 0 Å². The molecule has 0 atom stereocenters. The van der Waals surface area contributed by atoms with E-state index in [-0.39, 0.29) is 4.90 Å². The molecule has 0 fully saturated rings. The molecule has 2 aromatic carbocycles. The molecule has 144 valence electrons. The Hall–Kier alpha value is -3.16. The summed E-state index contributed by atoms with van der Waals surface area (Å²) in [5.74, 6) is 0. The summed E-state index contributed by atoms with van der Waals surface area (Å²) in [7, 11) is -3.78.